The Morgan fingerprint density at radius 2 is 1.32 bits per heavy atom. The van der Waals surface area contributed by atoms with Crippen molar-refractivity contribution < 1.29 is 9.59 Å². The van der Waals surface area contributed by atoms with E-state index in [1.165, 1.54) is 0 Å². The fourth-order valence-electron chi connectivity index (χ4n) is 2.73. The number of carbonyl (C=O) groups is 2. The van der Waals surface area contributed by atoms with Crippen molar-refractivity contribution in [1.82, 2.24) is 15.6 Å². The van der Waals surface area contributed by atoms with E-state index in [1.54, 1.807) is 18.5 Å². The molecule has 0 saturated carbocycles. The standard InChI is InChI=1S/C17H11N3O2/c21-16-12-13(15(20-16)11-7-4-8-18-9-11)17(22)19-14(12)10-5-2-1-3-6-10/h1-9H,(H,19,22)(H,20,21). The van der Waals surface area contributed by atoms with E-state index < -0.39 is 0 Å². The predicted octanol–water partition coefficient (Wildman–Crippen LogP) is 1.46. The second-order valence-corrected chi connectivity index (χ2v) is 5.02. The van der Waals surface area contributed by atoms with Crippen LogP contribution in [0.5, 0.6) is 0 Å². The van der Waals surface area contributed by atoms with Gasteiger partial charge in [-0.25, -0.2) is 0 Å². The van der Waals surface area contributed by atoms with Gasteiger partial charge in [-0.15, -0.1) is 0 Å². The van der Waals surface area contributed by atoms with Gasteiger partial charge in [0.15, 0.2) is 0 Å². The topological polar surface area (TPSA) is 71.1 Å². The van der Waals surface area contributed by atoms with E-state index in [1.807, 2.05) is 36.4 Å². The summed E-state index contributed by atoms with van der Waals surface area (Å²) in [5.41, 5.74) is 3.37. The minimum absolute atomic E-state index is 0.272. The summed E-state index contributed by atoms with van der Waals surface area (Å²) < 4.78 is 0. The first-order valence-electron chi connectivity index (χ1n) is 6.83. The molecule has 22 heavy (non-hydrogen) atoms. The molecule has 4 rings (SSSR count). The molecule has 2 aliphatic rings. The van der Waals surface area contributed by atoms with E-state index in [9.17, 15) is 9.59 Å². The highest BCUT2D eigenvalue weighted by Crippen LogP contribution is 2.36. The van der Waals surface area contributed by atoms with Crippen LogP contribution in [-0.4, -0.2) is 16.8 Å². The minimum atomic E-state index is -0.272. The van der Waals surface area contributed by atoms with Crippen molar-refractivity contribution >= 4 is 23.2 Å². The molecule has 0 aliphatic carbocycles. The molecule has 0 saturated heterocycles. The number of carbonyl (C=O) groups excluding carboxylic acids is 2. The van der Waals surface area contributed by atoms with Crippen LogP contribution in [-0.2, 0) is 9.59 Å². The third-order valence-electron chi connectivity index (χ3n) is 3.69. The lowest BCUT2D eigenvalue weighted by Gasteiger charge is -2.06. The van der Waals surface area contributed by atoms with Gasteiger partial charge in [0, 0.05) is 18.0 Å². The summed E-state index contributed by atoms with van der Waals surface area (Å²) in [4.78, 5) is 28.7. The van der Waals surface area contributed by atoms with Crippen LogP contribution in [0.4, 0.5) is 0 Å². The molecule has 2 amide bonds. The number of fused-ring (bicyclic) bond motifs is 1. The number of hydrogen-bond donors (Lipinski definition) is 2. The van der Waals surface area contributed by atoms with Crippen molar-refractivity contribution in [3.63, 3.8) is 0 Å². The van der Waals surface area contributed by atoms with Gasteiger partial charge in [-0.05, 0) is 17.7 Å². The van der Waals surface area contributed by atoms with Crippen LogP contribution in [0.15, 0.2) is 66.0 Å². The second kappa shape index (κ2) is 4.66. The van der Waals surface area contributed by atoms with Gasteiger partial charge in [-0.1, -0.05) is 30.3 Å². The first kappa shape index (κ1) is 12.5. The van der Waals surface area contributed by atoms with E-state index in [-0.39, 0.29) is 11.8 Å². The summed E-state index contributed by atoms with van der Waals surface area (Å²) in [6, 6.07) is 12.9. The maximum absolute atomic E-state index is 12.3. The zero-order valence-electron chi connectivity index (χ0n) is 11.5. The monoisotopic (exact) mass is 289 g/mol. The Hall–Kier alpha value is -3.21. The summed E-state index contributed by atoms with van der Waals surface area (Å²) in [6.45, 7) is 0. The van der Waals surface area contributed by atoms with E-state index in [2.05, 4.69) is 15.6 Å². The van der Waals surface area contributed by atoms with E-state index in [0.717, 1.165) is 5.56 Å². The number of aromatic nitrogens is 1. The molecule has 2 aromatic rings. The molecule has 1 aromatic heterocycles. The number of rotatable bonds is 2. The molecule has 0 bridgehead atoms. The van der Waals surface area contributed by atoms with E-state index >= 15 is 0 Å². The fraction of sp³-hybridized carbons (Fsp3) is 0. The molecule has 0 spiro atoms. The zero-order valence-corrected chi connectivity index (χ0v) is 11.5. The molecule has 5 nitrogen and oxygen atoms in total. The summed E-state index contributed by atoms with van der Waals surface area (Å²) >= 11 is 0. The highest BCUT2D eigenvalue weighted by Gasteiger charge is 2.40. The normalized spacial score (nSPS) is 16.7. The van der Waals surface area contributed by atoms with Crippen LogP contribution in [0.25, 0.3) is 11.4 Å². The van der Waals surface area contributed by atoms with Gasteiger partial charge in [0.2, 0.25) is 0 Å². The summed E-state index contributed by atoms with van der Waals surface area (Å²) in [6.07, 6.45) is 3.27. The van der Waals surface area contributed by atoms with Gasteiger partial charge in [0.1, 0.15) is 0 Å². The van der Waals surface area contributed by atoms with Crippen LogP contribution in [0, 0.1) is 0 Å². The van der Waals surface area contributed by atoms with E-state index in [4.69, 9.17) is 0 Å². The lowest BCUT2D eigenvalue weighted by Crippen LogP contribution is -2.21. The molecule has 5 heteroatoms. The van der Waals surface area contributed by atoms with Gasteiger partial charge in [-0.3, -0.25) is 14.6 Å². The van der Waals surface area contributed by atoms with Crippen molar-refractivity contribution in [3.8, 4) is 0 Å². The molecular formula is C17H11N3O2. The molecule has 0 atom stereocenters. The zero-order chi connectivity index (χ0) is 15.1. The van der Waals surface area contributed by atoms with Crippen molar-refractivity contribution in [2.75, 3.05) is 0 Å². The number of hydrogen-bond acceptors (Lipinski definition) is 3. The maximum atomic E-state index is 12.3. The van der Waals surface area contributed by atoms with E-state index in [0.29, 0.717) is 28.1 Å². The number of pyridine rings is 1. The third kappa shape index (κ3) is 1.76. The Morgan fingerprint density at radius 1 is 0.727 bits per heavy atom. The van der Waals surface area contributed by atoms with Crippen LogP contribution < -0.4 is 10.6 Å². The third-order valence-corrected chi connectivity index (χ3v) is 3.69. The Bertz CT molecular complexity index is 778. The average Bonchev–Trinajstić information content (AvgIpc) is 3.09. The summed E-state index contributed by atoms with van der Waals surface area (Å²) in [5.74, 6) is -0.544. The van der Waals surface area contributed by atoms with Gasteiger partial charge >= 0.3 is 0 Å². The second-order valence-electron chi connectivity index (χ2n) is 5.02. The van der Waals surface area contributed by atoms with Crippen molar-refractivity contribution in [2.45, 2.75) is 0 Å². The number of nitrogens with one attached hydrogen (secondary N) is 2. The molecular weight excluding hydrogens is 278 g/mol. The molecule has 0 unspecified atom stereocenters. The maximum Gasteiger partial charge on any atom is 0.258 e. The molecule has 1 aromatic carbocycles. The van der Waals surface area contributed by atoms with Crippen LogP contribution in [0.3, 0.4) is 0 Å². The van der Waals surface area contributed by atoms with Crippen LogP contribution in [0.1, 0.15) is 11.1 Å². The van der Waals surface area contributed by atoms with Crippen molar-refractivity contribution in [1.29, 1.82) is 0 Å². The van der Waals surface area contributed by atoms with Gasteiger partial charge in [-0.2, -0.15) is 0 Å². The Balaban J connectivity index is 1.93. The molecule has 2 N–H and O–H groups in total. The predicted molar refractivity (Wildman–Crippen MR) is 80.8 cm³/mol. The van der Waals surface area contributed by atoms with Crippen molar-refractivity contribution in [2.24, 2.45) is 0 Å². The number of nitrogens with zero attached hydrogens (tertiary/aromatic N) is 1. The first-order chi connectivity index (χ1) is 10.8. The highest BCUT2D eigenvalue weighted by molar-refractivity contribution is 6.30. The van der Waals surface area contributed by atoms with Gasteiger partial charge < -0.3 is 10.6 Å². The Kier molecular flexibility index (Phi) is 2.66. The van der Waals surface area contributed by atoms with Crippen LogP contribution in [0.2, 0.25) is 0 Å². The highest BCUT2D eigenvalue weighted by atomic mass is 16.2. The largest absolute Gasteiger partial charge is 0.321 e. The lowest BCUT2D eigenvalue weighted by atomic mass is 10.0. The molecule has 3 heterocycles. The summed E-state index contributed by atoms with van der Waals surface area (Å²) in [7, 11) is 0. The molecule has 0 radical (unpaired) electrons. The minimum Gasteiger partial charge on any atom is -0.321 e. The molecule has 106 valence electrons. The fourth-order valence-corrected chi connectivity index (χ4v) is 2.73. The van der Waals surface area contributed by atoms with Crippen molar-refractivity contribution in [3.05, 3.63) is 77.1 Å². The van der Waals surface area contributed by atoms with Gasteiger partial charge in [0.25, 0.3) is 11.8 Å². The number of amides is 2. The number of benzene rings is 1. The lowest BCUT2D eigenvalue weighted by molar-refractivity contribution is -0.117. The average molecular weight is 289 g/mol. The molecule has 0 fully saturated rings. The molecule has 2 aliphatic heterocycles. The summed E-state index contributed by atoms with van der Waals surface area (Å²) in [5, 5.41) is 5.59. The smallest absolute Gasteiger partial charge is 0.258 e. The first-order valence-corrected chi connectivity index (χ1v) is 6.83. The SMILES string of the molecule is O=C1NC(c2cccnc2)=C2C(=O)NC(c3ccccc3)=C12. The van der Waals surface area contributed by atoms with Crippen LogP contribution >= 0.6 is 0 Å². The Labute approximate surface area is 126 Å². The quantitative estimate of drug-likeness (QED) is 0.879. The van der Waals surface area contributed by atoms with Gasteiger partial charge in [0.05, 0.1) is 22.5 Å². The Morgan fingerprint density at radius 3 is 1.91 bits per heavy atom.